The molecule has 2 heterocycles. The second-order valence-electron chi connectivity index (χ2n) is 6.07. The van der Waals surface area contributed by atoms with Crippen molar-refractivity contribution in [2.75, 3.05) is 6.54 Å². The number of aliphatic carboxylic acids is 1. The van der Waals surface area contributed by atoms with E-state index in [1.807, 2.05) is 25.1 Å². The van der Waals surface area contributed by atoms with Gasteiger partial charge in [0.2, 0.25) is 0 Å². The Hall–Kier alpha value is -2.34. The second-order valence-corrected chi connectivity index (χ2v) is 6.47. The SMILES string of the molecule is CC1CCC(C(=O)O)CN1C(=O)c1cc(-c2ccccc2Cl)n[nH]1. The quantitative estimate of drug-likeness (QED) is 0.893. The molecule has 1 fully saturated rings. The lowest BCUT2D eigenvalue weighted by Crippen LogP contribution is -2.47. The zero-order valence-corrected chi connectivity index (χ0v) is 14.0. The molecule has 2 aromatic rings. The minimum Gasteiger partial charge on any atom is -0.481 e. The topological polar surface area (TPSA) is 86.3 Å². The molecule has 1 aliphatic rings. The van der Waals surface area contributed by atoms with Crippen molar-refractivity contribution in [3.05, 3.63) is 41.0 Å². The molecular formula is C17H18ClN3O3. The number of likely N-dealkylation sites (tertiary alicyclic amines) is 1. The van der Waals surface area contributed by atoms with Crippen molar-refractivity contribution >= 4 is 23.5 Å². The van der Waals surface area contributed by atoms with E-state index in [2.05, 4.69) is 10.2 Å². The van der Waals surface area contributed by atoms with E-state index in [4.69, 9.17) is 11.6 Å². The van der Waals surface area contributed by atoms with Crippen LogP contribution >= 0.6 is 11.6 Å². The first-order valence-electron chi connectivity index (χ1n) is 7.81. The van der Waals surface area contributed by atoms with Gasteiger partial charge in [0.05, 0.1) is 16.6 Å². The highest BCUT2D eigenvalue weighted by molar-refractivity contribution is 6.33. The Balaban J connectivity index is 1.83. The highest BCUT2D eigenvalue weighted by atomic mass is 35.5. The van der Waals surface area contributed by atoms with Crippen molar-refractivity contribution in [3.8, 4) is 11.3 Å². The molecule has 1 aromatic carbocycles. The minimum absolute atomic E-state index is 0.000151. The molecule has 2 unspecified atom stereocenters. The largest absolute Gasteiger partial charge is 0.481 e. The van der Waals surface area contributed by atoms with Gasteiger partial charge in [-0.05, 0) is 31.9 Å². The number of benzene rings is 1. The number of aromatic nitrogens is 2. The standard InChI is InChI=1S/C17H18ClN3O3/c1-10-6-7-11(17(23)24)9-21(10)16(22)15-8-14(19-20-15)12-4-2-3-5-13(12)18/h2-5,8,10-11H,6-7,9H2,1H3,(H,19,20)(H,23,24). The van der Waals surface area contributed by atoms with Crippen molar-refractivity contribution in [2.24, 2.45) is 5.92 Å². The number of carbonyl (C=O) groups is 2. The van der Waals surface area contributed by atoms with Crippen LogP contribution in [0.2, 0.25) is 5.02 Å². The van der Waals surface area contributed by atoms with Gasteiger partial charge >= 0.3 is 5.97 Å². The summed E-state index contributed by atoms with van der Waals surface area (Å²) >= 11 is 6.16. The van der Waals surface area contributed by atoms with E-state index in [0.717, 1.165) is 5.56 Å². The number of amides is 1. The van der Waals surface area contributed by atoms with Gasteiger partial charge in [0.1, 0.15) is 5.69 Å². The molecular weight excluding hydrogens is 330 g/mol. The molecule has 1 amide bonds. The van der Waals surface area contributed by atoms with E-state index in [9.17, 15) is 14.7 Å². The van der Waals surface area contributed by atoms with Crippen LogP contribution < -0.4 is 0 Å². The molecule has 3 rings (SSSR count). The summed E-state index contributed by atoms with van der Waals surface area (Å²) in [6, 6.07) is 8.92. The molecule has 0 spiro atoms. The van der Waals surface area contributed by atoms with E-state index in [1.165, 1.54) is 0 Å². The molecule has 6 nitrogen and oxygen atoms in total. The molecule has 1 aliphatic heterocycles. The van der Waals surface area contributed by atoms with Gasteiger partial charge in [0.15, 0.2) is 0 Å². The van der Waals surface area contributed by atoms with Crippen molar-refractivity contribution in [3.63, 3.8) is 0 Å². The molecule has 0 saturated carbocycles. The van der Waals surface area contributed by atoms with Crippen LogP contribution in [0.5, 0.6) is 0 Å². The number of carbonyl (C=O) groups excluding carboxylic acids is 1. The summed E-state index contributed by atoms with van der Waals surface area (Å²) in [5.74, 6) is -1.61. The fraction of sp³-hybridized carbons (Fsp3) is 0.353. The van der Waals surface area contributed by atoms with Gasteiger partial charge in [0.25, 0.3) is 5.91 Å². The predicted octanol–water partition coefficient (Wildman–Crippen LogP) is 3.06. The second kappa shape index (κ2) is 6.65. The van der Waals surface area contributed by atoms with Gasteiger partial charge in [-0.2, -0.15) is 5.10 Å². The maximum Gasteiger partial charge on any atom is 0.308 e. The van der Waals surface area contributed by atoms with Crippen LogP contribution in [0.25, 0.3) is 11.3 Å². The van der Waals surface area contributed by atoms with Gasteiger partial charge in [0, 0.05) is 18.2 Å². The summed E-state index contributed by atoms with van der Waals surface area (Å²) in [5, 5.41) is 16.7. The normalized spacial score (nSPS) is 20.8. The number of piperidine rings is 1. The number of carboxylic acid groups (broad SMARTS) is 1. The molecule has 0 bridgehead atoms. The third-order valence-electron chi connectivity index (χ3n) is 4.45. The average Bonchev–Trinajstić information content (AvgIpc) is 3.04. The zero-order chi connectivity index (χ0) is 17.3. The average molecular weight is 348 g/mol. The fourth-order valence-electron chi connectivity index (χ4n) is 2.98. The Labute approximate surface area is 144 Å². The molecule has 0 radical (unpaired) electrons. The van der Waals surface area contributed by atoms with Crippen LogP contribution in [0, 0.1) is 5.92 Å². The van der Waals surface area contributed by atoms with E-state index >= 15 is 0 Å². The number of hydrogen-bond donors (Lipinski definition) is 2. The third kappa shape index (κ3) is 3.14. The highest BCUT2D eigenvalue weighted by Gasteiger charge is 2.33. The Kier molecular flexibility index (Phi) is 4.57. The number of hydrogen-bond acceptors (Lipinski definition) is 3. The molecule has 7 heteroatoms. The first kappa shape index (κ1) is 16.5. The summed E-state index contributed by atoms with van der Waals surface area (Å²) in [6.07, 6.45) is 1.27. The Morgan fingerprint density at radius 2 is 2.08 bits per heavy atom. The van der Waals surface area contributed by atoms with Crippen molar-refractivity contribution < 1.29 is 14.7 Å². The molecule has 126 valence electrons. The first-order chi connectivity index (χ1) is 11.5. The molecule has 24 heavy (non-hydrogen) atoms. The van der Waals surface area contributed by atoms with E-state index in [-0.39, 0.29) is 18.5 Å². The van der Waals surface area contributed by atoms with Gasteiger partial charge in [-0.25, -0.2) is 0 Å². The molecule has 1 saturated heterocycles. The lowest BCUT2D eigenvalue weighted by molar-refractivity contribution is -0.143. The summed E-state index contributed by atoms with van der Waals surface area (Å²) in [5.41, 5.74) is 1.66. The summed E-state index contributed by atoms with van der Waals surface area (Å²) < 4.78 is 0. The lowest BCUT2D eigenvalue weighted by Gasteiger charge is -2.36. The summed E-state index contributed by atoms with van der Waals surface area (Å²) in [4.78, 5) is 25.6. The van der Waals surface area contributed by atoms with Gasteiger partial charge in [-0.1, -0.05) is 29.8 Å². The minimum atomic E-state index is -0.860. The number of halogens is 1. The molecule has 2 N–H and O–H groups in total. The van der Waals surface area contributed by atoms with Gasteiger partial charge in [-0.3, -0.25) is 14.7 Å². The van der Waals surface area contributed by atoms with Crippen LogP contribution in [0.1, 0.15) is 30.3 Å². The van der Waals surface area contributed by atoms with Crippen LogP contribution in [-0.4, -0.2) is 44.7 Å². The van der Waals surface area contributed by atoms with Crippen LogP contribution in [-0.2, 0) is 4.79 Å². The van der Waals surface area contributed by atoms with Crippen LogP contribution in [0.3, 0.4) is 0 Å². The molecule has 0 aliphatic carbocycles. The Morgan fingerprint density at radius 3 is 2.79 bits per heavy atom. The van der Waals surface area contributed by atoms with Crippen LogP contribution in [0.4, 0.5) is 0 Å². The van der Waals surface area contributed by atoms with Crippen molar-refractivity contribution in [1.29, 1.82) is 0 Å². The predicted molar refractivity (Wildman–Crippen MR) is 89.9 cm³/mol. The van der Waals surface area contributed by atoms with E-state index < -0.39 is 11.9 Å². The number of rotatable bonds is 3. The van der Waals surface area contributed by atoms with E-state index in [0.29, 0.717) is 29.3 Å². The van der Waals surface area contributed by atoms with Gasteiger partial charge in [-0.15, -0.1) is 0 Å². The fourth-order valence-corrected chi connectivity index (χ4v) is 3.22. The lowest BCUT2D eigenvalue weighted by atomic mass is 9.93. The van der Waals surface area contributed by atoms with Crippen LogP contribution in [0.15, 0.2) is 30.3 Å². The maximum atomic E-state index is 12.7. The van der Waals surface area contributed by atoms with Crippen molar-refractivity contribution in [2.45, 2.75) is 25.8 Å². The number of nitrogens with zero attached hydrogens (tertiary/aromatic N) is 2. The number of H-pyrrole nitrogens is 1. The molecule has 1 aromatic heterocycles. The Bertz CT molecular complexity index is 774. The summed E-state index contributed by atoms with van der Waals surface area (Å²) in [7, 11) is 0. The summed E-state index contributed by atoms with van der Waals surface area (Å²) in [6.45, 7) is 2.15. The highest BCUT2D eigenvalue weighted by Crippen LogP contribution is 2.28. The smallest absolute Gasteiger partial charge is 0.308 e. The third-order valence-corrected chi connectivity index (χ3v) is 4.78. The zero-order valence-electron chi connectivity index (χ0n) is 13.2. The number of nitrogens with one attached hydrogen (secondary N) is 1. The number of carboxylic acids is 1. The Morgan fingerprint density at radius 1 is 1.33 bits per heavy atom. The van der Waals surface area contributed by atoms with E-state index in [1.54, 1.807) is 17.0 Å². The maximum absolute atomic E-state index is 12.7. The monoisotopic (exact) mass is 347 g/mol. The molecule has 2 atom stereocenters. The first-order valence-corrected chi connectivity index (χ1v) is 8.19. The van der Waals surface area contributed by atoms with Gasteiger partial charge < -0.3 is 10.0 Å². The number of aromatic amines is 1. The van der Waals surface area contributed by atoms with Crippen molar-refractivity contribution in [1.82, 2.24) is 15.1 Å².